The van der Waals surface area contributed by atoms with Crippen LogP contribution in [0.4, 0.5) is 0 Å². The topological polar surface area (TPSA) is 58.2 Å². The molecule has 19 heavy (non-hydrogen) atoms. The molecule has 0 heterocycles. The molecule has 2 rings (SSSR count). The number of benzene rings is 1. The maximum absolute atomic E-state index is 11.7. The fraction of sp³-hybridized carbons (Fsp3) is 0.467. The summed E-state index contributed by atoms with van der Waals surface area (Å²) in [5, 5.41) is 5.50. The average Bonchev–Trinajstić information content (AvgIpc) is 2.98. The van der Waals surface area contributed by atoms with E-state index < -0.39 is 0 Å². The minimum Gasteiger partial charge on any atom is -0.350 e. The van der Waals surface area contributed by atoms with Gasteiger partial charge in [0, 0.05) is 12.5 Å². The summed E-state index contributed by atoms with van der Waals surface area (Å²) in [5.74, 6) is -0.00974. The van der Waals surface area contributed by atoms with E-state index in [1.54, 1.807) is 0 Å². The van der Waals surface area contributed by atoms with E-state index in [0.29, 0.717) is 6.54 Å². The number of nitrogens with one attached hydrogen (secondary N) is 2. The molecule has 102 valence electrons. The fourth-order valence-electron chi connectivity index (χ4n) is 2.36. The molecule has 0 aromatic heterocycles. The second kappa shape index (κ2) is 6.92. The molecule has 1 aliphatic rings. The highest BCUT2D eigenvalue weighted by molar-refractivity contribution is 5.85. The predicted molar refractivity (Wildman–Crippen MR) is 73.3 cm³/mol. The summed E-state index contributed by atoms with van der Waals surface area (Å²) < 4.78 is 0. The van der Waals surface area contributed by atoms with Gasteiger partial charge in [0.2, 0.25) is 11.8 Å². The summed E-state index contributed by atoms with van der Waals surface area (Å²) in [5.41, 5.74) is 1.05. The summed E-state index contributed by atoms with van der Waals surface area (Å²) in [6, 6.07) is 9.72. The fourth-order valence-corrected chi connectivity index (χ4v) is 2.36. The van der Waals surface area contributed by atoms with Crippen LogP contribution in [0.3, 0.4) is 0 Å². The van der Waals surface area contributed by atoms with Crippen molar-refractivity contribution in [3.05, 3.63) is 35.9 Å². The first-order valence-corrected chi connectivity index (χ1v) is 6.84. The molecule has 4 nitrogen and oxygen atoms in total. The van der Waals surface area contributed by atoms with Crippen LogP contribution in [-0.4, -0.2) is 18.4 Å². The number of amides is 2. The number of carbonyl (C=O) groups excluding carboxylic acids is 2. The number of rotatable bonds is 5. The summed E-state index contributed by atoms with van der Waals surface area (Å²) in [7, 11) is 0. The van der Waals surface area contributed by atoms with Crippen molar-refractivity contribution >= 4 is 11.8 Å². The van der Waals surface area contributed by atoms with Gasteiger partial charge in [0.05, 0.1) is 6.54 Å². The molecule has 0 radical (unpaired) electrons. The lowest BCUT2D eigenvalue weighted by Gasteiger charge is -2.10. The van der Waals surface area contributed by atoms with Gasteiger partial charge in [0.15, 0.2) is 0 Å². The molecule has 2 amide bonds. The smallest absolute Gasteiger partial charge is 0.239 e. The molecular formula is C15H20N2O2. The third kappa shape index (κ3) is 4.39. The van der Waals surface area contributed by atoms with E-state index in [9.17, 15) is 9.59 Å². The average molecular weight is 260 g/mol. The molecule has 0 aliphatic heterocycles. The normalized spacial score (nSPS) is 15.2. The van der Waals surface area contributed by atoms with Crippen LogP contribution in [0.2, 0.25) is 0 Å². The summed E-state index contributed by atoms with van der Waals surface area (Å²) in [4.78, 5) is 23.3. The van der Waals surface area contributed by atoms with Gasteiger partial charge in [-0.1, -0.05) is 43.2 Å². The highest BCUT2D eigenvalue weighted by Gasteiger charge is 2.22. The molecule has 0 atom stereocenters. The van der Waals surface area contributed by atoms with Crippen LogP contribution in [0.1, 0.15) is 31.2 Å². The zero-order valence-electron chi connectivity index (χ0n) is 11.0. The summed E-state index contributed by atoms with van der Waals surface area (Å²) in [6.07, 6.45) is 4.16. The van der Waals surface area contributed by atoms with Crippen molar-refractivity contribution in [2.75, 3.05) is 6.54 Å². The van der Waals surface area contributed by atoms with E-state index in [1.165, 1.54) is 0 Å². The number of carbonyl (C=O) groups is 2. The van der Waals surface area contributed by atoms with Crippen LogP contribution in [0.5, 0.6) is 0 Å². The predicted octanol–water partition coefficient (Wildman–Crippen LogP) is 1.61. The molecule has 4 heteroatoms. The van der Waals surface area contributed by atoms with E-state index in [4.69, 9.17) is 0 Å². The molecule has 0 unspecified atom stereocenters. The second-order valence-corrected chi connectivity index (χ2v) is 4.96. The van der Waals surface area contributed by atoms with Crippen LogP contribution in [-0.2, 0) is 16.1 Å². The maximum atomic E-state index is 11.7. The largest absolute Gasteiger partial charge is 0.350 e. The molecule has 1 aromatic rings. The maximum Gasteiger partial charge on any atom is 0.239 e. The lowest BCUT2D eigenvalue weighted by molar-refractivity contribution is -0.128. The Morgan fingerprint density at radius 1 is 1.05 bits per heavy atom. The van der Waals surface area contributed by atoms with E-state index >= 15 is 0 Å². The minimum atomic E-state index is -0.143. The van der Waals surface area contributed by atoms with Gasteiger partial charge >= 0.3 is 0 Å². The van der Waals surface area contributed by atoms with E-state index in [-0.39, 0.29) is 24.3 Å². The van der Waals surface area contributed by atoms with Gasteiger partial charge in [-0.05, 0) is 18.4 Å². The van der Waals surface area contributed by atoms with Crippen LogP contribution in [0.15, 0.2) is 30.3 Å². The molecule has 1 aliphatic carbocycles. The molecule has 2 N–H and O–H groups in total. The Kier molecular flexibility index (Phi) is 4.95. The Balaban J connectivity index is 1.65. The van der Waals surface area contributed by atoms with Crippen molar-refractivity contribution in [1.82, 2.24) is 10.6 Å². The van der Waals surface area contributed by atoms with Gasteiger partial charge in [-0.25, -0.2) is 0 Å². The first-order chi connectivity index (χ1) is 9.25. The van der Waals surface area contributed by atoms with E-state index in [2.05, 4.69) is 10.6 Å². The summed E-state index contributed by atoms with van der Waals surface area (Å²) in [6.45, 7) is 0.571. The van der Waals surface area contributed by atoms with Gasteiger partial charge < -0.3 is 10.6 Å². The van der Waals surface area contributed by atoms with Crippen molar-refractivity contribution in [3.63, 3.8) is 0 Å². The quantitative estimate of drug-likeness (QED) is 0.845. The van der Waals surface area contributed by atoms with Crippen LogP contribution < -0.4 is 10.6 Å². The van der Waals surface area contributed by atoms with Gasteiger partial charge in [-0.2, -0.15) is 0 Å². The minimum absolute atomic E-state index is 0.0207. The van der Waals surface area contributed by atoms with E-state index in [0.717, 1.165) is 31.2 Å². The van der Waals surface area contributed by atoms with Gasteiger partial charge in [-0.15, -0.1) is 0 Å². The molecule has 1 fully saturated rings. The Bertz CT molecular complexity index is 425. The Morgan fingerprint density at radius 2 is 1.74 bits per heavy atom. The molecule has 0 spiro atoms. The SMILES string of the molecule is O=C(CNC(=O)C1CCCC1)NCc1ccccc1. The van der Waals surface area contributed by atoms with Gasteiger partial charge in [0.25, 0.3) is 0 Å². The first-order valence-electron chi connectivity index (χ1n) is 6.84. The standard InChI is InChI=1S/C15H20N2O2/c18-14(16-10-12-6-2-1-3-7-12)11-17-15(19)13-8-4-5-9-13/h1-3,6-7,13H,4-5,8-11H2,(H,16,18)(H,17,19). The second-order valence-electron chi connectivity index (χ2n) is 4.96. The molecule has 1 saturated carbocycles. The highest BCUT2D eigenvalue weighted by atomic mass is 16.2. The third-order valence-electron chi connectivity index (χ3n) is 3.48. The van der Waals surface area contributed by atoms with Crippen LogP contribution >= 0.6 is 0 Å². The molecule has 0 bridgehead atoms. The van der Waals surface area contributed by atoms with Crippen molar-refractivity contribution in [3.8, 4) is 0 Å². The Morgan fingerprint density at radius 3 is 2.42 bits per heavy atom. The first kappa shape index (κ1) is 13.6. The lowest BCUT2D eigenvalue weighted by atomic mass is 10.1. The number of hydrogen-bond donors (Lipinski definition) is 2. The summed E-state index contributed by atoms with van der Waals surface area (Å²) >= 11 is 0. The third-order valence-corrected chi connectivity index (χ3v) is 3.48. The monoisotopic (exact) mass is 260 g/mol. The van der Waals surface area contributed by atoms with Crippen LogP contribution in [0.25, 0.3) is 0 Å². The zero-order valence-corrected chi connectivity index (χ0v) is 11.0. The van der Waals surface area contributed by atoms with Crippen molar-refractivity contribution in [2.45, 2.75) is 32.2 Å². The van der Waals surface area contributed by atoms with Crippen LogP contribution in [0, 0.1) is 5.92 Å². The van der Waals surface area contributed by atoms with E-state index in [1.807, 2.05) is 30.3 Å². The lowest BCUT2D eigenvalue weighted by Crippen LogP contribution is -2.38. The highest BCUT2D eigenvalue weighted by Crippen LogP contribution is 2.24. The number of hydrogen-bond acceptors (Lipinski definition) is 2. The molecule has 1 aromatic carbocycles. The van der Waals surface area contributed by atoms with Gasteiger partial charge in [0.1, 0.15) is 0 Å². The van der Waals surface area contributed by atoms with Crippen molar-refractivity contribution in [1.29, 1.82) is 0 Å². The van der Waals surface area contributed by atoms with Crippen molar-refractivity contribution in [2.24, 2.45) is 5.92 Å². The Labute approximate surface area is 113 Å². The molecule has 0 saturated heterocycles. The van der Waals surface area contributed by atoms with Crippen molar-refractivity contribution < 1.29 is 9.59 Å². The molecular weight excluding hydrogens is 240 g/mol. The Hall–Kier alpha value is -1.84. The zero-order chi connectivity index (χ0) is 13.5. The van der Waals surface area contributed by atoms with Gasteiger partial charge in [-0.3, -0.25) is 9.59 Å².